The van der Waals surface area contributed by atoms with Gasteiger partial charge >= 0.3 is 0 Å². The van der Waals surface area contributed by atoms with Crippen molar-refractivity contribution in [1.29, 1.82) is 0 Å². The number of rotatable bonds is 9. The fourth-order valence-electron chi connectivity index (χ4n) is 1.49. The van der Waals surface area contributed by atoms with Crippen LogP contribution in [0.4, 0.5) is 4.39 Å². The van der Waals surface area contributed by atoms with Gasteiger partial charge in [0.15, 0.2) is 11.6 Å². The van der Waals surface area contributed by atoms with E-state index < -0.39 is 11.9 Å². The van der Waals surface area contributed by atoms with Crippen molar-refractivity contribution >= 4 is 5.91 Å². The number of carbonyl (C=O) groups excluding carboxylic acids is 1. The molecule has 0 aliphatic carbocycles. The van der Waals surface area contributed by atoms with Gasteiger partial charge in [-0.3, -0.25) is 4.79 Å². The average molecular weight is 284 g/mol. The molecule has 6 heteroatoms. The van der Waals surface area contributed by atoms with Crippen LogP contribution < -0.4 is 15.4 Å². The van der Waals surface area contributed by atoms with Crippen molar-refractivity contribution in [2.75, 3.05) is 26.2 Å². The maximum absolute atomic E-state index is 13.2. The average Bonchev–Trinajstić information content (AvgIpc) is 2.44. The van der Waals surface area contributed by atoms with Crippen molar-refractivity contribution in [3.05, 3.63) is 30.1 Å². The molecule has 1 aromatic carbocycles. The lowest BCUT2D eigenvalue weighted by Gasteiger charge is -2.13. The second-order valence-corrected chi connectivity index (χ2v) is 4.38. The summed E-state index contributed by atoms with van der Waals surface area (Å²) < 4.78 is 18.4. The highest BCUT2D eigenvalue weighted by Crippen LogP contribution is 2.15. The second-order valence-electron chi connectivity index (χ2n) is 4.38. The van der Waals surface area contributed by atoms with Crippen molar-refractivity contribution in [3.8, 4) is 5.75 Å². The highest BCUT2D eigenvalue weighted by molar-refractivity contribution is 5.77. The zero-order chi connectivity index (χ0) is 14.8. The summed E-state index contributed by atoms with van der Waals surface area (Å²) >= 11 is 0. The Labute approximate surface area is 118 Å². The molecule has 0 aromatic heterocycles. The number of amides is 1. The molecule has 1 unspecified atom stereocenters. The largest absolute Gasteiger partial charge is 0.488 e. The minimum atomic E-state index is -0.811. The topological polar surface area (TPSA) is 70.6 Å². The summed E-state index contributed by atoms with van der Waals surface area (Å²) in [7, 11) is 0. The first-order valence-corrected chi connectivity index (χ1v) is 6.66. The Morgan fingerprint density at radius 2 is 2.20 bits per heavy atom. The van der Waals surface area contributed by atoms with E-state index in [-0.39, 0.29) is 31.4 Å². The third kappa shape index (κ3) is 6.49. The molecule has 1 rings (SSSR count). The fraction of sp³-hybridized carbons (Fsp3) is 0.500. The molecular formula is C14H21FN2O3. The lowest BCUT2D eigenvalue weighted by atomic mass is 10.3. The Balaban J connectivity index is 2.16. The lowest BCUT2D eigenvalue weighted by Crippen LogP contribution is -2.39. The summed E-state index contributed by atoms with van der Waals surface area (Å²) in [5, 5.41) is 15.2. The van der Waals surface area contributed by atoms with Crippen LogP contribution in [-0.4, -0.2) is 43.4 Å². The minimum absolute atomic E-state index is 0.0372. The first kappa shape index (κ1) is 16.4. The number of para-hydroxylation sites is 1. The van der Waals surface area contributed by atoms with E-state index >= 15 is 0 Å². The summed E-state index contributed by atoms with van der Waals surface area (Å²) in [4.78, 5) is 11.3. The molecule has 3 N–H and O–H groups in total. The summed E-state index contributed by atoms with van der Waals surface area (Å²) in [6.07, 6.45) is 0.0683. The molecule has 0 heterocycles. The molecule has 0 spiro atoms. The van der Waals surface area contributed by atoms with E-state index in [0.717, 1.165) is 6.42 Å². The van der Waals surface area contributed by atoms with E-state index in [9.17, 15) is 14.3 Å². The Morgan fingerprint density at radius 1 is 1.45 bits per heavy atom. The third-order valence-electron chi connectivity index (χ3n) is 2.51. The molecule has 0 aliphatic rings. The molecule has 112 valence electrons. The molecule has 5 nitrogen and oxygen atoms in total. The molecule has 0 saturated heterocycles. The summed E-state index contributed by atoms with van der Waals surface area (Å²) in [6.45, 7) is 2.91. The van der Waals surface area contributed by atoms with Crippen molar-refractivity contribution in [2.24, 2.45) is 0 Å². The number of carbonyl (C=O) groups is 1. The predicted molar refractivity (Wildman–Crippen MR) is 74.1 cm³/mol. The van der Waals surface area contributed by atoms with Gasteiger partial charge in [0.1, 0.15) is 12.7 Å². The summed E-state index contributed by atoms with van der Waals surface area (Å²) in [5.74, 6) is -0.479. The van der Waals surface area contributed by atoms with Crippen LogP contribution in [0.1, 0.15) is 13.3 Å². The number of nitrogens with one attached hydrogen (secondary N) is 2. The quantitative estimate of drug-likeness (QED) is 0.624. The molecule has 1 aromatic rings. The molecule has 0 bridgehead atoms. The molecule has 0 saturated carbocycles. The van der Waals surface area contributed by atoms with Gasteiger partial charge in [0, 0.05) is 13.1 Å². The van der Waals surface area contributed by atoms with Crippen LogP contribution >= 0.6 is 0 Å². The zero-order valence-corrected chi connectivity index (χ0v) is 11.6. The van der Waals surface area contributed by atoms with Gasteiger partial charge < -0.3 is 20.5 Å². The van der Waals surface area contributed by atoms with Gasteiger partial charge in [0.05, 0.1) is 6.54 Å². The van der Waals surface area contributed by atoms with Crippen molar-refractivity contribution < 1.29 is 19.0 Å². The maximum atomic E-state index is 13.2. The molecule has 1 amide bonds. The second kappa shape index (κ2) is 9.28. The van der Waals surface area contributed by atoms with Gasteiger partial charge in [0.25, 0.3) is 0 Å². The molecule has 1 atom stereocenters. The van der Waals surface area contributed by atoms with E-state index in [1.54, 1.807) is 12.1 Å². The predicted octanol–water partition coefficient (Wildman–Crippen LogP) is 0.681. The molecule has 0 fully saturated rings. The van der Waals surface area contributed by atoms with Crippen molar-refractivity contribution in [2.45, 2.75) is 19.4 Å². The molecular weight excluding hydrogens is 263 g/mol. The van der Waals surface area contributed by atoms with Crippen LogP contribution in [-0.2, 0) is 4.79 Å². The van der Waals surface area contributed by atoms with Crippen LogP contribution in [0.2, 0.25) is 0 Å². The van der Waals surface area contributed by atoms with Gasteiger partial charge in [0.2, 0.25) is 5.91 Å². The Kier molecular flexibility index (Phi) is 7.60. The van der Waals surface area contributed by atoms with E-state index in [1.165, 1.54) is 12.1 Å². The van der Waals surface area contributed by atoms with E-state index in [2.05, 4.69) is 10.6 Å². The molecule has 0 radical (unpaired) electrons. The lowest BCUT2D eigenvalue weighted by molar-refractivity contribution is -0.120. The normalized spacial score (nSPS) is 11.9. The monoisotopic (exact) mass is 284 g/mol. The van der Waals surface area contributed by atoms with E-state index in [0.29, 0.717) is 6.54 Å². The van der Waals surface area contributed by atoms with Crippen LogP contribution in [0, 0.1) is 5.82 Å². The van der Waals surface area contributed by atoms with Gasteiger partial charge in [-0.2, -0.15) is 0 Å². The number of aliphatic hydroxyl groups is 1. The SMILES string of the molecule is CCCNC(=O)CNCC(O)COc1ccccc1F. The van der Waals surface area contributed by atoms with Crippen LogP contribution in [0.15, 0.2) is 24.3 Å². The number of hydrogen-bond acceptors (Lipinski definition) is 4. The Hall–Kier alpha value is -1.66. The zero-order valence-electron chi connectivity index (χ0n) is 11.6. The number of halogens is 1. The highest BCUT2D eigenvalue weighted by atomic mass is 19.1. The minimum Gasteiger partial charge on any atom is -0.488 e. The number of hydrogen-bond donors (Lipinski definition) is 3. The van der Waals surface area contributed by atoms with Crippen LogP contribution in [0.25, 0.3) is 0 Å². The first-order valence-electron chi connectivity index (χ1n) is 6.66. The van der Waals surface area contributed by atoms with Gasteiger partial charge in [-0.15, -0.1) is 0 Å². The highest BCUT2D eigenvalue weighted by Gasteiger charge is 2.08. The first-order chi connectivity index (χ1) is 9.63. The summed E-state index contributed by atoms with van der Waals surface area (Å²) in [6, 6.07) is 6.00. The molecule has 20 heavy (non-hydrogen) atoms. The van der Waals surface area contributed by atoms with Crippen LogP contribution in [0.5, 0.6) is 5.75 Å². The smallest absolute Gasteiger partial charge is 0.233 e. The van der Waals surface area contributed by atoms with Crippen molar-refractivity contribution in [3.63, 3.8) is 0 Å². The maximum Gasteiger partial charge on any atom is 0.233 e. The fourth-order valence-corrected chi connectivity index (χ4v) is 1.49. The number of aliphatic hydroxyl groups excluding tert-OH is 1. The summed E-state index contributed by atoms with van der Waals surface area (Å²) in [5.41, 5.74) is 0. The van der Waals surface area contributed by atoms with E-state index in [4.69, 9.17) is 4.74 Å². The standard InChI is InChI=1S/C14H21FN2O3/c1-2-7-17-14(19)9-16-8-11(18)10-20-13-6-4-3-5-12(13)15/h3-6,11,16,18H,2,7-10H2,1H3,(H,17,19). The van der Waals surface area contributed by atoms with Gasteiger partial charge in [-0.05, 0) is 18.6 Å². The Bertz CT molecular complexity index is 415. The van der Waals surface area contributed by atoms with Gasteiger partial charge in [-0.25, -0.2) is 4.39 Å². The Morgan fingerprint density at radius 3 is 2.90 bits per heavy atom. The van der Waals surface area contributed by atoms with Crippen LogP contribution in [0.3, 0.4) is 0 Å². The third-order valence-corrected chi connectivity index (χ3v) is 2.51. The molecule has 0 aliphatic heterocycles. The van der Waals surface area contributed by atoms with Crippen molar-refractivity contribution in [1.82, 2.24) is 10.6 Å². The number of benzene rings is 1. The number of ether oxygens (including phenoxy) is 1. The van der Waals surface area contributed by atoms with E-state index in [1.807, 2.05) is 6.92 Å². The van der Waals surface area contributed by atoms with Gasteiger partial charge in [-0.1, -0.05) is 19.1 Å².